The quantitative estimate of drug-likeness (QED) is 0.781. The van der Waals surface area contributed by atoms with E-state index in [1.54, 1.807) is 30.6 Å². The van der Waals surface area contributed by atoms with E-state index in [-0.39, 0.29) is 17.5 Å². The molecule has 2 aliphatic rings. The number of H-pyrrole nitrogens is 1. The molecule has 0 amide bonds. The number of amidine groups is 1. The van der Waals surface area contributed by atoms with Crippen molar-refractivity contribution in [2.45, 2.75) is 12.7 Å². The SMILES string of the molecule is O=c1[nH]cccc1C1=CNC2C=CC(=NCc3ccc(F)cn3)NN12. The first-order valence-electron chi connectivity index (χ1n) is 7.74. The van der Waals surface area contributed by atoms with Crippen LogP contribution in [0, 0.1) is 5.82 Å². The average Bonchev–Trinajstić information content (AvgIpc) is 3.05. The van der Waals surface area contributed by atoms with Crippen LogP contribution in [0.1, 0.15) is 11.3 Å². The summed E-state index contributed by atoms with van der Waals surface area (Å²) in [6.07, 6.45) is 8.24. The van der Waals surface area contributed by atoms with Crippen molar-refractivity contribution in [3.63, 3.8) is 0 Å². The van der Waals surface area contributed by atoms with Gasteiger partial charge in [0.15, 0.2) is 0 Å². The highest BCUT2D eigenvalue weighted by molar-refractivity contribution is 5.94. The summed E-state index contributed by atoms with van der Waals surface area (Å²) in [5, 5.41) is 5.02. The second-order valence-electron chi connectivity index (χ2n) is 5.56. The number of hydrazine groups is 1. The molecule has 4 heterocycles. The lowest BCUT2D eigenvalue weighted by Gasteiger charge is -2.31. The maximum absolute atomic E-state index is 12.9. The van der Waals surface area contributed by atoms with Gasteiger partial charge < -0.3 is 10.3 Å². The van der Waals surface area contributed by atoms with E-state index < -0.39 is 0 Å². The molecule has 8 heteroatoms. The van der Waals surface area contributed by atoms with E-state index in [1.165, 1.54) is 12.3 Å². The molecular weight excluding hydrogens is 323 g/mol. The van der Waals surface area contributed by atoms with Crippen molar-refractivity contribution in [1.82, 2.24) is 25.7 Å². The Kier molecular flexibility index (Phi) is 3.77. The van der Waals surface area contributed by atoms with Gasteiger partial charge in [0.2, 0.25) is 0 Å². The highest BCUT2D eigenvalue weighted by Crippen LogP contribution is 2.22. The van der Waals surface area contributed by atoms with E-state index in [1.807, 2.05) is 17.2 Å². The maximum atomic E-state index is 12.9. The molecule has 0 aliphatic carbocycles. The van der Waals surface area contributed by atoms with E-state index in [0.717, 1.165) is 5.70 Å². The van der Waals surface area contributed by atoms with Crippen LogP contribution in [0.5, 0.6) is 0 Å². The third-order valence-corrected chi connectivity index (χ3v) is 3.89. The molecule has 0 bridgehead atoms. The molecule has 2 aromatic rings. The lowest BCUT2D eigenvalue weighted by Crippen LogP contribution is -2.50. The molecule has 0 radical (unpaired) electrons. The van der Waals surface area contributed by atoms with E-state index in [2.05, 4.69) is 25.7 Å². The van der Waals surface area contributed by atoms with Crippen molar-refractivity contribution in [3.05, 3.63) is 82.4 Å². The standard InChI is InChI=1S/C17H15FN6O/c18-11-3-4-12(20-8-11)9-21-15-5-6-16-22-10-14(24(16)23-15)13-2-1-7-19-17(13)25/h1-8,10,16,22H,9H2,(H,19,25)(H,21,23). The Balaban J connectivity index is 1.54. The van der Waals surface area contributed by atoms with E-state index >= 15 is 0 Å². The maximum Gasteiger partial charge on any atom is 0.257 e. The number of halogens is 1. The number of nitrogens with one attached hydrogen (secondary N) is 3. The lowest BCUT2D eigenvalue weighted by atomic mass is 10.2. The van der Waals surface area contributed by atoms with Gasteiger partial charge in [-0.15, -0.1) is 0 Å². The van der Waals surface area contributed by atoms with Crippen LogP contribution in [0.2, 0.25) is 0 Å². The van der Waals surface area contributed by atoms with Gasteiger partial charge in [0.1, 0.15) is 17.8 Å². The summed E-state index contributed by atoms with van der Waals surface area (Å²) in [7, 11) is 0. The predicted octanol–water partition coefficient (Wildman–Crippen LogP) is 1.11. The molecule has 1 atom stereocenters. The zero-order valence-electron chi connectivity index (χ0n) is 13.1. The molecule has 0 spiro atoms. The number of pyridine rings is 2. The number of rotatable bonds is 3. The molecule has 25 heavy (non-hydrogen) atoms. The summed E-state index contributed by atoms with van der Waals surface area (Å²) in [6, 6.07) is 6.49. The van der Waals surface area contributed by atoms with E-state index in [4.69, 9.17) is 0 Å². The van der Waals surface area contributed by atoms with Gasteiger partial charge in [-0.25, -0.2) is 4.39 Å². The molecule has 4 rings (SSSR count). The Morgan fingerprint density at radius 3 is 3.04 bits per heavy atom. The Morgan fingerprint density at radius 1 is 1.32 bits per heavy atom. The third kappa shape index (κ3) is 3.01. The molecule has 0 saturated heterocycles. The summed E-state index contributed by atoms with van der Waals surface area (Å²) in [4.78, 5) is 23.1. The van der Waals surface area contributed by atoms with Crippen LogP contribution in [-0.4, -0.2) is 27.0 Å². The molecule has 0 saturated carbocycles. The molecule has 2 aliphatic heterocycles. The van der Waals surface area contributed by atoms with Crippen LogP contribution < -0.4 is 16.3 Å². The van der Waals surface area contributed by atoms with Gasteiger partial charge >= 0.3 is 0 Å². The minimum atomic E-state index is -0.374. The predicted molar refractivity (Wildman–Crippen MR) is 91.4 cm³/mol. The fourth-order valence-electron chi connectivity index (χ4n) is 2.66. The van der Waals surface area contributed by atoms with Crippen molar-refractivity contribution >= 4 is 11.5 Å². The van der Waals surface area contributed by atoms with E-state index in [9.17, 15) is 9.18 Å². The van der Waals surface area contributed by atoms with Gasteiger partial charge in [-0.1, -0.05) is 0 Å². The van der Waals surface area contributed by atoms with Crippen LogP contribution in [0.25, 0.3) is 5.70 Å². The molecule has 126 valence electrons. The molecule has 7 nitrogen and oxygen atoms in total. The van der Waals surface area contributed by atoms with Crippen molar-refractivity contribution in [3.8, 4) is 0 Å². The fraction of sp³-hybridized carbons (Fsp3) is 0.118. The minimum Gasteiger partial charge on any atom is -0.365 e. The number of hydrogen-bond acceptors (Lipinski definition) is 5. The summed E-state index contributed by atoms with van der Waals surface area (Å²) < 4.78 is 12.9. The van der Waals surface area contributed by atoms with Crippen molar-refractivity contribution in [2.75, 3.05) is 0 Å². The summed E-state index contributed by atoms with van der Waals surface area (Å²) in [5.74, 6) is 0.255. The molecule has 2 aromatic heterocycles. The molecule has 3 N–H and O–H groups in total. The lowest BCUT2D eigenvalue weighted by molar-refractivity contribution is 0.295. The molecular formula is C17H15FN6O. The zero-order valence-corrected chi connectivity index (χ0v) is 13.1. The first kappa shape index (κ1) is 15.1. The van der Waals surface area contributed by atoms with Crippen LogP contribution in [-0.2, 0) is 6.54 Å². The highest BCUT2D eigenvalue weighted by atomic mass is 19.1. The monoisotopic (exact) mass is 338 g/mol. The first-order chi connectivity index (χ1) is 12.2. The van der Waals surface area contributed by atoms with Gasteiger partial charge in [0, 0.05) is 12.4 Å². The average molecular weight is 338 g/mol. The normalized spacial score (nSPS) is 20.0. The summed E-state index contributed by atoms with van der Waals surface area (Å²) >= 11 is 0. The molecule has 0 fully saturated rings. The Morgan fingerprint density at radius 2 is 2.24 bits per heavy atom. The van der Waals surface area contributed by atoms with Gasteiger partial charge in [-0.3, -0.25) is 25.2 Å². The topological polar surface area (TPSA) is 85.4 Å². The number of aromatic nitrogens is 2. The molecule has 0 aromatic carbocycles. The molecule has 1 unspecified atom stereocenters. The summed E-state index contributed by atoms with van der Waals surface area (Å²) in [5.41, 5.74) is 4.97. The Hall–Kier alpha value is -3.42. The minimum absolute atomic E-state index is 0.0995. The Labute approximate surface area is 142 Å². The van der Waals surface area contributed by atoms with Crippen molar-refractivity contribution in [2.24, 2.45) is 4.99 Å². The van der Waals surface area contributed by atoms with Crippen LogP contribution in [0.3, 0.4) is 0 Å². The Bertz CT molecular complexity index is 931. The number of fused-ring (bicyclic) bond motifs is 1. The second kappa shape index (κ2) is 6.23. The number of nitrogens with zero attached hydrogens (tertiary/aromatic N) is 3. The highest BCUT2D eigenvalue weighted by Gasteiger charge is 2.29. The van der Waals surface area contributed by atoms with Crippen molar-refractivity contribution in [1.29, 1.82) is 0 Å². The number of hydrogen-bond donors (Lipinski definition) is 3. The van der Waals surface area contributed by atoms with Gasteiger partial charge in [-0.05, 0) is 36.4 Å². The van der Waals surface area contributed by atoms with Crippen LogP contribution in [0.15, 0.2) is 64.8 Å². The van der Waals surface area contributed by atoms with Crippen LogP contribution in [0.4, 0.5) is 4.39 Å². The fourth-order valence-corrected chi connectivity index (χ4v) is 2.66. The largest absolute Gasteiger partial charge is 0.365 e. The number of aliphatic imine (C=N–C) groups is 1. The third-order valence-electron chi connectivity index (χ3n) is 3.89. The number of aromatic amines is 1. The van der Waals surface area contributed by atoms with E-state index in [0.29, 0.717) is 23.6 Å². The second-order valence-corrected chi connectivity index (χ2v) is 5.56. The smallest absolute Gasteiger partial charge is 0.257 e. The van der Waals surface area contributed by atoms with Gasteiger partial charge in [-0.2, -0.15) is 0 Å². The van der Waals surface area contributed by atoms with Gasteiger partial charge in [0.25, 0.3) is 5.56 Å². The zero-order chi connectivity index (χ0) is 17.2. The first-order valence-corrected chi connectivity index (χ1v) is 7.74. The summed E-state index contributed by atoms with van der Waals surface area (Å²) in [6.45, 7) is 0.323. The van der Waals surface area contributed by atoms with Crippen LogP contribution >= 0.6 is 0 Å². The van der Waals surface area contributed by atoms with Gasteiger partial charge in [0.05, 0.1) is 29.7 Å². The van der Waals surface area contributed by atoms with Crippen molar-refractivity contribution < 1.29 is 4.39 Å².